The Morgan fingerprint density at radius 1 is 1.02 bits per heavy atom. The molecule has 1 N–H and O–H groups in total. The van der Waals surface area contributed by atoms with E-state index in [-0.39, 0.29) is 41.0 Å². The molecule has 3 aliphatic rings. The van der Waals surface area contributed by atoms with Crippen molar-refractivity contribution in [1.29, 1.82) is 0 Å². The summed E-state index contributed by atoms with van der Waals surface area (Å²) in [6.45, 7) is 8.35. The highest BCUT2D eigenvalue weighted by Gasteiger charge is 2.76. The average Bonchev–Trinajstić information content (AvgIpc) is 3.71. The minimum Gasteiger partial charge on any atom is -0.497 e. The molecule has 3 aromatic carbocycles. The van der Waals surface area contributed by atoms with Crippen molar-refractivity contribution in [3.8, 4) is 5.75 Å². The number of methoxy groups -OCH3 is 1. The van der Waals surface area contributed by atoms with E-state index in [1.165, 1.54) is 0 Å². The number of anilines is 1. The molecule has 0 saturated carbocycles. The van der Waals surface area contributed by atoms with Gasteiger partial charge in [0.15, 0.2) is 0 Å². The summed E-state index contributed by atoms with van der Waals surface area (Å²) in [6, 6.07) is 24.5. The Kier molecular flexibility index (Phi) is 10.1. The van der Waals surface area contributed by atoms with Gasteiger partial charge in [-0.1, -0.05) is 88.7 Å². The van der Waals surface area contributed by atoms with Crippen molar-refractivity contribution in [2.45, 2.75) is 39.9 Å². The topological polar surface area (TPSA) is 90.4 Å². The van der Waals surface area contributed by atoms with Gasteiger partial charge in [-0.25, -0.2) is 0 Å². The Morgan fingerprint density at radius 3 is 2.27 bits per heavy atom. The smallest absolute Gasteiger partial charge is 0.251 e. The summed E-state index contributed by atoms with van der Waals surface area (Å²) in [4.78, 5) is 49.7. The molecule has 10 heteroatoms. The first-order valence-electron chi connectivity index (χ1n) is 16.1. The van der Waals surface area contributed by atoms with Gasteiger partial charge in [-0.05, 0) is 41.8 Å². The van der Waals surface area contributed by atoms with Crippen molar-refractivity contribution in [2.75, 3.05) is 31.7 Å². The van der Waals surface area contributed by atoms with Gasteiger partial charge in [0.1, 0.15) is 11.8 Å². The fraction of sp³-hybridized carbons (Fsp3) is 0.342. The molecule has 1 spiro atoms. The van der Waals surface area contributed by atoms with E-state index < -0.39 is 28.7 Å². The summed E-state index contributed by atoms with van der Waals surface area (Å²) in [6.07, 6.45) is 3.89. The van der Waals surface area contributed by atoms with Crippen LogP contribution in [0.3, 0.4) is 0 Å². The number of carbonyl (C=O) groups excluding carboxylic acids is 3. The number of aliphatic hydroxyl groups excluding tert-OH is 1. The van der Waals surface area contributed by atoms with Gasteiger partial charge in [-0.3, -0.25) is 14.4 Å². The molecule has 3 fully saturated rings. The summed E-state index contributed by atoms with van der Waals surface area (Å²) < 4.78 is 4.45. The lowest BCUT2D eigenvalue weighted by molar-refractivity contribution is -0.145. The van der Waals surface area contributed by atoms with Crippen LogP contribution < -0.4 is 9.64 Å². The summed E-state index contributed by atoms with van der Waals surface area (Å²) in [7, 11) is 1.58. The molecule has 3 heterocycles. The van der Waals surface area contributed by atoms with Crippen molar-refractivity contribution in [3.63, 3.8) is 0 Å². The number of alkyl halides is 1. The number of thioether (sulfide) groups is 1. The van der Waals surface area contributed by atoms with Gasteiger partial charge >= 0.3 is 0 Å². The van der Waals surface area contributed by atoms with E-state index in [4.69, 9.17) is 4.74 Å². The van der Waals surface area contributed by atoms with Crippen molar-refractivity contribution in [3.05, 3.63) is 121 Å². The van der Waals surface area contributed by atoms with Gasteiger partial charge in [0.05, 0.1) is 36.3 Å². The van der Waals surface area contributed by atoms with Gasteiger partial charge in [0.2, 0.25) is 11.8 Å². The lowest BCUT2D eigenvalue weighted by Gasteiger charge is -2.40. The highest BCUT2D eigenvalue weighted by Crippen LogP contribution is 2.69. The molecule has 6 rings (SSSR count). The third-order valence-corrected chi connectivity index (χ3v) is 13.0. The van der Waals surface area contributed by atoms with Crippen LogP contribution >= 0.6 is 27.7 Å². The van der Waals surface area contributed by atoms with E-state index in [9.17, 15) is 9.90 Å². The minimum atomic E-state index is -0.954. The number of rotatable bonds is 13. The third kappa shape index (κ3) is 5.88. The number of hydrogen-bond donors (Lipinski definition) is 1. The fourth-order valence-corrected chi connectivity index (χ4v) is 11.3. The fourth-order valence-electron chi connectivity index (χ4n) is 7.76. The lowest BCUT2D eigenvalue weighted by Crippen LogP contribution is -2.56. The van der Waals surface area contributed by atoms with Crippen LogP contribution in [0, 0.1) is 11.8 Å². The molecular formula is C38H40BrN3O5S. The standard InChI is InChI=1S/C38H40BrN3O5S/c1-4-20-40(23-25-12-8-6-9-13-25)35(44)31-32-36(45)42(30(24-43)26-14-10-7-11-15-26)34(38(32)22-29(39)33(31)48-38)37(46)41(21-5-2)27-16-18-28(47-3)19-17-27/h4-19,29-34,43H,1-2,20-24H2,3H3/t29?,30-,31+,32+,33+,34?,38?/m1/s1. The second-order valence-electron chi connectivity index (χ2n) is 12.4. The van der Waals surface area contributed by atoms with Crippen LogP contribution in [0.5, 0.6) is 5.75 Å². The third-order valence-electron chi connectivity index (χ3n) is 9.78. The molecular weight excluding hydrogens is 690 g/mol. The van der Waals surface area contributed by atoms with E-state index in [1.807, 2.05) is 72.8 Å². The zero-order chi connectivity index (χ0) is 34.0. The highest BCUT2D eigenvalue weighted by atomic mass is 79.9. The van der Waals surface area contributed by atoms with Crippen LogP contribution in [0.25, 0.3) is 0 Å². The molecule has 2 bridgehead atoms. The van der Waals surface area contributed by atoms with E-state index >= 15 is 9.59 Å². The maximum absolute atomic E-state index is 15.1. The first-order chi connectivity index (χ1) is 23.3. The van der Waals surface area contributed by atoms with Crippen LogP contribution in [0.4, 0.5) is 5.69 Å². The highest BCUT2D eigenvalue weighted by molar-refractivity contribution is 9.09. The SMILES string of the molecule is C=CCN(Cc1ccccc1)C(=O)[C@H]1[C@H]2C(=O)N([C@H](CO)c3ccccc3)C(C(=O)N(CC=C)c3ccc(OC)cc3)C23CC(Br)[C@@H]1S3. The number of aliphatic hydroxyl groups is 1. The summed E-state index contributed by atoms with van der Waals surface area (Å²) in [5.41, 5.74) is 2.33. The number of fused-ring (bicyclic) bond motifs is 1. The number of nitrogens with zero attached hydrogens (tertiary/aromatic N) is 3. The summed E-state index contributed by atoms with van der Waals surface area (Å²) in [5.74, 6) is -1.47. The van der Waals surface area contributed by atoms with Crippen molar-refractivity contribution in [2.24, 2.45) is 11.8 Å². The average molecular weight is 731 g/mol. The number of ether oxygens (including phenoxy) is 1. The molecule has 0 aliphatic carbocycles. The monoisotopic (exact) mass is 729 g/mol. The molecule has 3 aliphatic heterocycles. The molecule has 48 heavy (non-hydrogen) atoms. The molecule has 0 aromatic heterocycles. The Morgan fingerprint density at radius 2 is 1.67 bits per heavy atom. The van der Waals surface area contributed by atoms with Gasteiger partial charge in [0.25, 0.3) is 5.91 Å². The van der Waals surface area contributed by atoms with Crippen molar-refractivity contribution < 1.29 is 24.2 Å². The number of benzene rings is 3. The molecule has 250 valence electrons. The van der Waals surface area contributed by atoms with E-state index in [0.29, 0.717) is 30.9 Å². The van der Waals surface area contributed by atoms with E-state index in [1.54, 1.807) is 57.9 Å². The van der Waals surface area contributed by atoms with Crippen LogP contribution in [-0.2, 0) is 20.9 Å². The van der Waals surface area contributed by atoms with Crippen LogP contribution in [0.15, 0.2) is 110 Å². The summed E-state index contributed by atoms with van der Waals surface area (Å²) >= 11 is 5.47. The predicted octanol–water partition coefficient (Wildman–Crippen LogP) is 5.63. The minimum absolute atomic E-state index is 0.101. The molecule has 3 saturated heterocycles. The largest absolute Gasteiger partial charge is 0.497 e. The molecule has 7 atom stereocenters. The quantitative estimate of drug-likeness (QED) is 0.181. The molecule has 0 radical (unpaired) electrons. The first-order valence-corrected chi connectivity index (χ1v) is 17.9. The number of likely N-dealkylation sites (tertiary alicyclic amines) is 1. The van der Waals surface area contributed by atoms with Crippen LogP contribution in [-0.4, -0.2) is 80.3 Å². The maximum atomic E-state index is 15.1. The molecule has 8 nitrogen and oxygen atoms in total. The first kappa shape index (κ1) is 34.0. The van der Waals surface area contributed by atoms with Gasteiger partial charge in [-0.15, -0.1) is 24.9 Å². The van der Waals surface area contributed by atoms with Crippen molar-refractivity contribution >= 4 is 51.1 Å². The second kappa shape index (κ2) is 14.3. The zero-order valence-corrected chi connectivity index (χ0v) is 29.3. The maximum Gasteiger partial charge on any atom is 0.251 e. The number of amides is 3. The Labute approximate surface area is 294 Å². The number of halogens is 1. The van der Waals surface area contributed by atoms with Crippen molar-refractivity contribution in [1.82, 2.24) is 9.80 Å². The van der Waals surface area contributed by atoms with Gasteiger partial charge in [0, 0.05) is 35.4 Å². The summed E-state index contributed by atoms with van der Waals surface area (Å²) in [5, 5.41) is 10.7. The number of carbonyl (C=O) groups is 3. The lowest BCUT2D eigenvalue weighted by atomic mass is 9.70. The molecule has 3 unspecified atom stereocenters. The van der Waals surface area contributed by atoms with E-state index in [2.05, 4.69) is 29.1 Å². The molecule has 3 amide bonds. The van der Waals surface area contributed by atoms with Gasteiger partial charge in [-0.2, -0.15) is 0 Å². The van der Waals surface area contributed by atoms with Crippen LogP contribution in [0.2, 0.25) is 0 Å². The van der Waals surface area contributed by atoms with E-state index in [0.717, 1.165) is 11.1 Å². The zero-order valence-electron chi connectivity index (χ0n) is 26.9. The molecule has 3 aromatic rings. The Hall–Kier alpha value is -3.86. The Balaban J connectivity index is 1.46. The van der Waals surface area contributed by atoms with Gasteiger partial charge < -0.3 is 24.5 Å². The van der Waals surface area contributed by atoms with Crippen LogP contribution in [0.1, 0.15) is 23.6 Å². The second-order valence-corrected chi connectivity index (χ2v) is 15.2. The Bertz CT molecular complexity index is 1660. The predicted molar refractivity (Wildman–Crippen MR) is 193 cm³/mol. The normalized spacial score (nSPS) is 26.1. The number of hydrogen-bond acceptors (Lipinski definition) is 6.